The number of aromatic nitrogens is 4. The number of aliphatic hydroxyl groups is 2. The van der Waals surface area contributed by atoms with Gasteiger partial charge in [-0.2, -0.15) is 4.31 Å². The molecule has 10 N–H and O–H groups in total. The Kier molecular flexibility index (Phi) is 23.6. The van der Waals surface area contributed by atoms with Crippen LogP contribution in [-0.2, 0) is 50.7 Å². The summed E-state index contributed by atoms with van der Waals surface area (Å²) in [6.07, 6.45) is 9.17. The van der Waals surface area contributed by atoms with Crippen LogP contribution in [0.5, 0.6) is 0 Å². The number of nitrogens with zero attached hydrogens (tertiary/aromatic N) is 4. The molecule has 3 rings (SSSR count). The number of amides is 2. The van der Waals surface area contributed by atoms with Crippen LogP contribution in [0.3, 0.4) is 0 Å². The minimum atomic E-state index is -5.58. The van der Waals surface area contributed by atoms with E-state index in [0.29, 0.717) is 5.75 Å². The van der Waals surface area contributed by atoms with Crippen LogP contribution < -0.4 is 16.4 Å². The second-order valence-corrected chi connectivity index (χ2v) is 21.1. The first-order valence-corrected chi connectivity index (χ1v) is 26.5. The van der Waals surface area contributed by atoms with Gasteiger partial charge in [0.25, 0.3) is 0 Å². The SMILES string of the molecule is CCCCCCCCCCCC=C=CCC(=O)SCCNC(=O)CCNC(=O)[C@@H](O)C(C)(C)COP(=O)(O)OP(=O)(O)OC[C@H]1O[C@@H](n2cnc3c(N)ncnc32)[C@H](O)[C@@H]1OP(=O)(O)O. The van der Waals surface area contributed by atoms with Crippen molar-refractivity contribution in [1.29, 1.82) is 0 Å². The van der Waals surface area contributed by atoms with Gasteiger partial charge in [-0.1, -0.05) is 83.9 Å². The van der Waals surface area contributed by atoms with Crippen molar-refractivity contribution >= 4 is 69.1 Å². The van der Waals surface area contributed by atoms with Crippen LogP contribution in [0.4, 0.5) is 5.82 Å². The van der Waals surface area contributed by atoms with Gasteiger partial charge in [-0.3, -0.25) is 32.5 Å². The Morgan fingerprint density at radius 1 is 0.969 bits per heavy atom. The maximum Gasteiger partial charge on any atom is 0.481 e. The van der Waals surface area contributed by atoms with E-state index in [1.807, 2.05) is 6.08 Å². The number of phosphoric acid groups is 3. The molecule has 65 heavy (non-hydrogen) atoms. The number of carbonyl (C=O) groups excluding carboxylic acids is 3. The second kappa shape index (κ2) is 27.2. The fourth-order valence-electron chi connectivity index (χ4n) is 6.22. The lowest BCUT2D eigenvalue weighted by Crippen LogP contribution is -2.46. The van der Waals surface area contributed by atoms with Crippen LogP contribution in [0, 0.1) is 5.41 Å². The standard InChI is InChI=1S/C37H62N7O17P3S/c1-4-5-6-7-8-9-10-11-12-13-14-15-16-17-28(46)65-21-20-39-27(45)18-19-40-35(49)32(48)37(2,3)23-58-64(55,56)61-63(53,54)57-22-26-31(60-62(50,51)52)30(47)36(59-26)44-25-43-29-33(38)41-24-42-34(29)44/h14,16,24-26,30-32,36,47-48H,4-13,17-23H2,1-3H3,(H,39,45)(H,40,49)(H,53,54)(H,55,56)(H2,38,41,42)(H2,50,51,52)/t15?,26-,30-,31-,32-,36-/m1/s1. The first kappa shape index (κ1) is 56.4. The van der Waals surface area contributed by atoms with E-state index in [9.17, 15) is 57.9 Å². The first-order chi connectivity index (χ1) is 30.6. The highest BCUT2D eigenvalue weighted by Gasteiger charge is 2.50. The monoisotopic (exact) mass is 1000 g/mol. The van der Waals surface area contributed by atoms with Gasteiger partial charge in [0.2, 0.25) is 11.8 Å². The van der Waals surface area contributed by atoms with Crippen molar-refractivity contribution in [3.63, 3.8) is 0 Å². The number of allylic oxidation sites excluding steroid dienone is 1. The smallest absolute Gasteiger partial charge is 0.386 e. The number of anilines is 1. The van der Waals surface area contributed by atoms with Gasteiger partial charge in [0, 0.05) is 37.1 Å². The lowest BCUT2D eigenvalue weighted by atomic mass is 9.87. The number of thioether (sulfide) groups is 1. The van der Waals surface area contributed by atoms with Crippen molar-refractivity contribution in [2.75, 3.05) is 37.8 Å². The van der Waals surface area contributed by atoms with E-state index in [1.54, 1.807) is 6.08 Å². The summed E-state index contributed by atoms with van der Waals surface area (Å²) in [6.45, 7) is 2.71. The van der Waals surface area contributed by atoms with E-state index in [2.05, 4.69) is 47.1 Å². The van der Waals surface area contributed by atoms with E-state index in [4.69, 9.17) is 19.5 Å². The summed E-state index contributed by atoms with van der Waals surface area (Å²) in [4.78, 5) is 88.1. The Balaban J connectivity index is 1.35. The number of rotatable bonds is 31. The molecule has 2 amide bonds. The highest BCUT2D eigenvalue weighted by Crippen LogP contribution is 2.61. The van der Waals surface area contributed by atoms with Gasteiger partial charge in [0.1, 0.15) is 36.3 Å². The van der Waals surface area contributed by atoms with Crippen molar-refractivity contribution in [3.05, 3.63) is 30.5 Å². The molecule has 0 aliphatic carbocycles. The van der Waals surface area contributed by atoms with Crippen LogP contribution >= 0.6 is 35.2 Å². The Hall–Kier alpha value is -2.92. The van der Waals surface area contributed by atoms with Gasteiger partial charge in [-0.15, -0.1) is 5.73 Å². The maximum absolute atomic E-state index is 12.7. The third-order valence-corrected chi connectivity index (χ3v) is 13.7. The number of hydrogen-bond acceptors (Lipinski definition) is 18. The summed E-state index contributed by atoms with van der Waals surface area (Å²) in [5, 5.41) is 26.5. The number of ether oxygens (including phenoxy) is 1. The Morgan fingerprint density at radius 2 is 1.63 bits per heavy atom. The van der Waals surface area contributed by atoms with Crippen LogP contribution in [0.25, 0.3) is 11.2 Å². The number of fused-ring (bicyclic) bond motifs is 1. The van der Waals surface area contributed by atoms with Gasteiger partial charge < -0.3 is 50.9 Å². The van der Waals surface area contributed by atoms with Crippen molar-refractivity contribution in [3.8, 4) is 0 Å². The molecule has 0 aromatic carbocycles. The number of hydrogen-bond donors (Lipinski definition) is 9. The van der Waals surface area contributed by atoms with Crippen LogP contribution in [0.1, 0.15) is 104 Å². The summed E-state index contributed by atoms with van der Waals surface area (Å²) in [7, 11) is -16.4. The first-order valence-electron chi connectivity index (χ1n) is 21.0. The van der Waals surface area contributed by atoms with Crippen LogP contribution in [0.2, 0.25) is 0 Å². The van der Waals surface area contributed by atoms with E-state index >= 15 is 0 Å². The summed E-state index contributed by atoms with van der Waals surface area (Å²) in [5.41, 5.74) is 7.32. The van der Waals surface area contributed by atoms with Gasteiger partial charge >= 0.3 is 23.5 Å². The fourth-order valence-corrected chi connectivity index (χ4v) is 9.68. The maximum atomic E-state index is 12.7. The highest BCUT2D eigenvalue weighted by molar-refractivity contribution is 8.13. The number of nitrogen functional groups attached to an aromatic ring is 1. The Morgan fingerprint density at radius 3 is 2.31 bits per heavy atom. The summed E-state index contributed by atoms with van der Waals surface area (Å²) >= 11 is 1.07. The summed E-state index contributed by atoms with van der Waals surface area (Å²) in [5.74, 6) is -1.12. The molecule has 3 heterocycles. The predicted molar refractivity (Wildman–Crippen MR) is 236 cm³/mol. The molecule has 1 fully saturated rings. The molecule has 2 aromatic rings. The van der Waals surface area contributed by atoms with Crippen molar-refractivity contribution in [2.24, 2.45) is 5.41 Å². The number of unbranched alkanes of at least 4 members (excludes halogenated alkanes) is 9. The number of aliphatic hydroxyl groups excluding tert-OH is 2. The van der Waals surface area contributed by atoms with Gasteiger partial charge in [-0.05, 0) is 25.0 Å². The third kappa shape index (κ3) is 20.5. The predicted octanol–water partition coefficient (Wildman–Crippen LogP) is 3.69. The normalized spacial score (nSPS) is 20.1. The fraction of sp³-hybridized carbons (Fsp3) is 0.703. The molecule has 1 aliphatic rings. The molecule has 0 bridgehead atoms. The van der Waals surface area contributed by atoms with Gasteiger partial charge in [0.05, 0.1) is 19.5 Å². The molecule has 0 radical (unpaired) electrons. The molecular weight excluding hydrogens is 939 g/mol. The minimum absolute atomic E-state index is 0.0310. The average Bonchev–Trinajstić information content (AvgIpc) is 3.79. The van der Waals surface area contributed by atoms with Crippen molar-refractivity contribution in [1.82, 2.24) is 30.2 Å². The molecule has 0 saturated carbocycles. The van der Waals surface area contributed by atoms with Crippen molar-refractivity contribution < 1.29 is 80.5 Å². The number of nitrogens with two attached hydrogens (primary N) is 1. The summed E-state index contributed by atoms with van der Waals surface area (Å²) in [6, 6.07) is 0. The lowest BCUT2D eigenvalue weighted by Gasteiger charge is -2.30. The molecule has 24 nitrogen and oxygen atoms in total. The number of nitrogens with one attached hydrogen (secondary N) is 2. The zero-order chi connectivity index (χ0) is 48.3. The van der Waals surface area contributed by atoms with Crippen LogP contribution in [-0.4, -0.2) is 123 Å². The molecule has 28 heteroatoms. The molecule has 368 valence electrons. The Bertz CT molecular complexity index is 2070. The van der Waals surface area contributed by atoms with E-state index in [1.165, 1.54) is 65.2 Å². The summed E-state index contributed by atoms with van der Waals surface area (Å²) < 4.78 is 62.3. The zero-order valence-corrected chi connectivity index (χ0v) is 40.0. The van der Waals surface area contributed by atoms with Gasteiger partial charge in [0.15, 0.2) is 22.8 Å². The number of phosphoric ester groups is 3. The van der Waals surface area contributed by atoms with E-state index in [-0.39, 0.29) is 48.0 Å². The van der Waals surface area contributed by atoms with Crippen molar-refractivity contribution in [2.45, 2.75) is 128 Å². The second-order valence-electron chi connectivity index (χ2n) is 15.7. The quantitative estimate of drug-likeness (QED) is 0.0295. The molecule has 2 unspecified atom stereocenters. The topological polar surface area (TPSA) is 364 Å². The van der Waals surface area contributed by atoms with E-state index in [0.717, 1.165) is 41.8 Å². The molecule has 0 spiro atoms. The molecular formula is C37H62N7O17P3S. The molecule has 1 saturated heterocycles. The molecule has 1 aliphatic heterocycles. The Labute approximate surface area is 381 Å². The molecule has 2 aromatic heterocycles. The van der Waals surface area contributed by atoms with E-state index < -0.39 is 84.6 Å². The van der Waals surface area contributed by atoms with Crippen LogP contribution in [0.15, 0.2) is 30.5 Å². The third-order valence-electron chi connectivity index (χ3n) is 9.72. The molecule has 7 atom stereocenters. The largest absolute Gasteiger partial charge is 0.481 e. The zero-order valence-electron chi connectivity index (χ0n) is 36.5. The minimum Gasteiger partial charge on any atom is -0.386 e. The number of carbonyl (C=O) groups is 3. The number of imidazole rings is 1. The van der Waals surface area contributed by atoms with Gasteiger partial charge in [-0.25, -0.2) is 28.6 Å². The highest BCUT2D eigenvalue weighted by atomic mass is 32.2. The average molecular weight is 1000 g/mol. The lowest BCUT2D eigenvalue weighted by molar-refractivity contribution is -0.137.